The average Bonchev–Trinajstić information content (AvgIpc) is 3.07. The van der Waals surface area contributed by atoms with E-state index in [-0.39, 0.29) is 35.7 Å². The summed E-state index contributed by atoms with van der Waals surface area (Å²) in [6.45, 7) is 8.84. The molecular weight excluding hydrogens is 580 g/mol. The van der Waals surface area contributed by atoms with Crippen molar-refractivity contribution in [2.45, 2.75) is 71.9 Å². The maximum Gasteiger partial charge on any atom is 0.261 e. The Bertz CT molecular complexity index is 2070. The number of carbonyl (C=O) groups excluding carboxylic acids is 4. The zero-order valence-corrected chi connectivity index (χ0v) is 27.0. The molecule has 0 aliphatic carbocycles. The molecule has 5 aromatic rings. The maximum absolute atomic E-state index is 14.2. The van der Waals surface area contributed by atoms with Crippen LogP contribution in [0.15, 0.2) is 42.5 Å². The second kappa shape index (κ2) is 11.4. The van der Waals surface area contributed by atoms with Crippen LogP contribution < -0.4 is 4.74 Å². The van der Waals surface area contributed by atoms with Gasteiger partial charge in [-0.05, 0) is 71.5 Å². The first-order chi connectivity index (χ1) is 22.3. The van der Waals surface area contributed by atoms with E-state index in [0.29, 0.717) is 84.1 Å². The van der Waals surface area contributed by atoms with E-state index >= 15 is 0 Å². The van der Waals surface area contributed by atoms with Crippen molar-refractivity contribution in [3.8, 4) is 5.75 Å². The van der Waals surface area contributed by atoms with Crippen molar-refractivity contribution in [2.24, 2.45) is 0 Å². The van der Waals surface area contributed by atoms with E-state index < -0.39 is 0 Å². The first-order valence-electron chi connectivity index (χ1n) is 16.4. The van der Waals surface area contributed by atoms with Crippen molar-refractivity contribution < 1.29 is 28.7 Å². The van der Waals surface area contributed by atoms with Crippen LogP contribution in [0.2, 0.25) is 0 Å². The van der Waals surface area contributed by atoms with E-state index in [1.54, 1.807) is 13.2 Å². The highest BCUT2D eigenvalue weighted by Gasteiger charge is 2.40. The number of hydrogen-bond acceptors (Lipinski definition) is 6. The Labute approximate surface area is 267 Å². The molecule has 0 unspecified atom stereocenters. The van der Waals surface area contributed by atoms with Gasteiger partial charge in [0.05, 0.1) is 12.2 Å². The van der Waals surface area contributed by atoms with Gasteiger partial charge in [0.25, 0.3) is 23.6 Å². The van der Waals surface area contributed by atoms with Gasteiger partial charge in [0.15, 0.2) is 0 Å². The number of fused-ring (bicyclic) bond motifs is 2. The lowest BCUT2D eigenvalue weighted by Crippen LogP contribution is -2.46. The topological polar surface area (TPSA) is 93.2 Å². The molecular formula is C38H38N2O6. The predicted octanol–water partition coefficient (Wildman–Crippen LogP) is 7.72. The maximum atomic E-state index is 14.2. The van der Waals surface area contributed by atoms with E-state index in [0.717, 1.165) is 32.3 Å². The molecule has 2 aliphatic heterocycles. The van der Waals surface area contributed by atoms with E-state index in [1.165, 1.54) is 9.80 Å². The molecule has 8 nitrogen and oxygen atoms in total. The number of methoxy groups -OCH3 is 1. The van der Waals surface area contributed by atoms with Gasteiger partial charge < -0.3 is 9.47 Å². The molecule has 46 heavy (non-hydrogen) atoms. The van der Waals surface area contributed by atoms with Gasteiger partial charge in [0.1, 0.15) is 5.75 Å². The molecule has 236 valence electrons. The summed E-state index contributed by atoms with van der Waals surface area (Å²) in [4.78, 5) is 58.9. The molecule has 0 atom stereocenters. The van der Waals surface area contributed by atoms with Crippen LogP contribution >= 0.6 is 0 Å². The van der Waals surface area contributed by atoms with Gasteiger partial charge in [-0.25, -0.2) is 0 Å². The zero-order chi connectivity index (χ0) is 32.4. The van der Waals surface area contributed by atoms with Crippen molar-refractivity contribution >= 4 is 66.7 Å². The normalized spacial score (nSPS) is 14.9. The summed E-state index contributed by atoms with van der Waals surface area (Å²) in [5.41, 5.74) is 1.95. The molecule has 5 aromatic carbocycles. The molecule has 0 saturated carbocycles. The van der Waals surface area contributed by atoms with Crippen LogP contribution in [0.3, 0.4) is 0 Å². The van der Waals surface area contributed by atoms with Crippen molar-refractivity contribution in [1.82, 2.24) is 9.80 Å². The lowest BCUT2D eigenvalue weighted by atomic mass is 9.81. The predicted molar refractivity (Wildman–Crippen MR) is 179 cm³/mol. The van der Waals surface area contributed by atoms with Crippen molar-refractivity contribution in [2.75, 3.05) is 20.3 Å². The summed E-state index contributed by atoms with van der Waals surface area (Å²) in [5.74, 6) is -0.626. The second-order valence-corrected chi connectivity index (χ2v) is 12.4. The van der Waals surface area contributed by atoms with Gasteiger partial charge in [0.2, 0.25) is 0 Å². The summed E-state index contributed by atoms with van der Waals surface area (Å²) < 4.78 is 11.7. The molecule has 0 bridgehead atoms. The van der Waals surface area contributed by atoms with Gasteiger partial charge >= 0.3 is 0 Å². The highest BCUT2D eigenvalue weighted by atomic mass is 16.5. The molecule has 0 saturated heterocycles. The third-order valence-electron chi connectivity index (χ3n) is 10.1. The van der Waals surface area contributed by atoms with E-state index in [1.807, 2.05) is 64.1 Å². The summed E-state index contributed by atoms with van der Waals surface area (Å²) >= 11 is 0. The van der Waals surface area contributed by atoms with Crippen molar-refractivity contribution in [3.63, 3.8) is 0 Å². The minimum atomic E-state index is -0.314. The summed E-state index contributed by atoms with van der Waals surface area (Å²) in [6.07, 6.45) is 3.33. The lowest BCUT2D eigenvalue weighted by molar-refractivity contribution is 0.0514. The van der Waals surface area contributed by atoms with Gasteiger partial charge in [-0.2, -0.15) is 0 Å². The minimum Gasteiger partial charge on any atom is -0.493 e. The number of rotatable bonds is 11. The quantitative estimate of drug-likeness (QED) is 0.0651. The Morgan fingerprint density at radius 2 is 1.00 bits per heavy atom. The van der Waals surface area contributed by atoms with Crippen LogP contribution in [0, 0.1) is 0 Å². The first-order valence-corrected chi connectivity index (χ1v) is 16.4. The fourth-order valence-electron chi connectivity index (χ4n) is 7.84. The second-order valence-electron chi connectivity index (χ2n) is 12.4. The fourth-order valence-corrected chi connectivity index (χ4v) is 7.84. The number of nitrogens with zero attached hydrogens (tertiary/aromatic N) is 2. The van der Waals surface area contributed by atoms with Gasteiger partial charge in [-0.1, -0.05) is 45.9 Å². The van der Waals surface area contributed by atoms with E-state index in [4.69, 9.17) is 9.47 Å². The number of amides is 4. The van der Waals surface area contributed by atoms with Crippen LogP contribution in [0.1, 0.15) is 101 Å². The Kier molecular flexibility index (Phi) is 7.43. The molecule has 4 amide bonds. The lowest BCUT2D eigenvalue weighted by Gasteiger charge is -2.35. The molecule has 0 radical (unpaired) electrons. The molecule has 0 aromatic heterocycles. The van der Waals surface area contributed by atoms with Crippen LogP contribution in [-0.4, -0.2) is 65.8 Å². The first kappa shape index (κ1) is 30.1. The van der Waals surface area contributed by atoms with Crippen molar-refractivity contribution in [1.29, 1.82) is 0 Å². The molecule has 0 fully saturated rings. The van der Waals surface area contributed by atoms with Crippen LogP contribution in [0.5, 0.6) is 5.75 Å². The molecule has 7 rings (SSSR count). The third kappa shape index (κ3) is 4.02. The highest BCUT2D eigenvalue weighted by Crippen LogP contribution is 2.49. The monoisotopic (exact) mass is 618 g/mol. The van der Waals surface area contributed by atoms with E-state index in [2.05, 4.69) is 0 Å². The summed E-state index contributed by atoms with van der Waals surface area (Å²) in [5, 5.41) is 6.14. The average molecular weight is 619 g/mol. The SMILES string of the molecule is CCC(CC)N1C(=O)c2ccc3c4ccc5c6c(cc(OCCCOC)c(c7ccc(c2c37)C1=O)c64)C(=O)N(C(CC)CC)C5=O. The Morgan fingerprint density at radius 3 is 1.50 bits per heavy atom. The molecule has 8 heteroatoms. The Hall–Kier alpha value is -4.56. The van der Waals surface area contributed by atoms with Gasteiger partial charge in [-0.3, -0.25) is 29.0 Å². The molecule has 0 N–H and O–H groups in total. The summed E-state index contributed by atoms with van der Waals surface area (Å²) in [7, 11) is 1.64. The number of carbonyl (C=O) groups is 4. The minimum absolute atomic E-state index is 0.186. The van der Waals surface area contributed by atoms with Crippen LogP contribution in [0.25, 0.3) is 43.1 Å². The van der Waals surface area contributed by atoms with Crippen molar-refractivity contribution in [3.05, 3.63) is 64.7 Å². The summed E-state index contributed by atoms with van der Waals surface area (Å²) in [6, 6.07) is 12.7. The Morgan fingerprint density at radius 1 is 0.543 bits per heavy atom. The van der Waals surface area contributed by atoms with Crippen LogP contribution in [-0.2, 0) is 4.74 Å². The molecule has 2 heterocycles. The number of hydrogen-bond donors (Lipinski definition) is 0. The van der Waals surface area contributed by atoms with Gasteiger partial charge in [-0.15, -0.1) is 0 Å². The molecule has 2 aliphatic rings. The zero-order valence-electron chi connectivity index (χ0n) is 27.0. The Balaban J connectivity index is 1.58. The highest BCUT2D eigenvalue weighted by molar-refractivity contribution is 6.42. The number of imide groups is 2. The fraction of sp³-hybridized carbons (Fsp3) is 0.368. The largest absolute Gasteiger partial charge is 0.493 e. The smallest absolute Gasteiger partial charge is 0.261 e. The standard InChI is InChI=1S/C38H38N2O6/c1-6-20(7-2)39-35(41)25-14-11-22-23-12-15-27-32-28(38(44)40(37(27)43)21(8-3)9-4)19-29(46-18-10-17-45-5)33(34(23)32)24-13-16-26(36(39)42)31(25)30(22)24/h11-16,19-21H,6-10,17-18H2,1-5H3. The van der Waals surface area contributed by atoms with Gasteiger partial charge in [0, 0.05) is 70.5 Å². The number of benzene rings is 5. The van der Waals surface area contributed by atoms with E-state index in [9.17, 15) is 19.2 Å². The third-order valence-corrected chi connectivity index (χ3v) is 10.1. The number of ether oxygens (including phenoxy) is 2. The molecule has 0 spiro atoms. The van der Waals surface area contributed by atoms with Crippen LogP contribution in [0.4, 0.5) is 0 Å².